The van der Waals surface area contributed by atoms with Crippen molar-refractivity contribution in [3.8, 4) is 0 Å². The summed E-state index contributed by atoms with van der Waals surface area (Å²) < 4.78 is 0. The number of nitrogens with zero attached hydrogens (tertiary/aromatic N) is 1. The summed E-state index contributed by atoms with van der Waals surface area (Å²) in [6.07, 6.45) is 0.628. The third-order valence-corrected chi connectivity index (χ3v) is 5.60. The molecule has 0 spiro atoms. The van der Waals surface area contributed by atoms with Gasteiger partial charge in [0.2, 0.25) is 0 Å². The van der Waals surface area contributed by atoms with E-state index in [0.29, 0.717) is 12.1 Å². The van der Waals surface area contributed by atoms with Gasteiger partial charge in [0.15, 0.2) is 0 Å². The molecule has 5 nitrogen and oxygen atoms in total. The zero-order valence-corrected chi connectivity index (χ0v) is 17.8. The van der Waals surface area contributed by atoms with Gasteiger partial charge in [-0.25, -0.2) is 0 Å². The Bertz CT molecular complexity index is 1080. The lowest BCUT2D eigenvalue weighted by molar-refractivity contribution is 0.0742. The van der Waals surface area contributed by atoms with Crippen molar-refractivity contribution in [3.05, 3.63) is 101 Å². The van der Waals surface area contributed by atoms with Crippen LogP contribution in [0.25, 0.3) is 0 Å². The molecule has 0 aromatic heterocycles. The lowest BCUT2D eigenvalue weighted by atomic mass is 10.1. The molecule has 1 heterocycles. The van der Waals surface area contributed by atoms with Gasteiger partial charge < -0.3 is 15.5 Å². The second-order valence-corrected chi connectivity index (χ2v) is 7.82. The number of fused-ring (bicyclic) bond motifs is 1. The average Bonchev–Trinajstić information content (AvgIpc) is 3.06. The summed E-state index contributed by atoms with van der Waals surface area (Å²) in [5, 5.41) is 6.52. The van der Waals surface area contributed by atoms with Crippen LogP contribution in [-0.2, 0) is 0 Å². The Morgan fingerprint density at radius 2 is 1.74 bits per heavy atom. The molecule has 0 bridgehead atoms. The molecule has 0 fully saturated rings. The van der Waals surface area contributed by atoms with Crippen LogP contribution in [0.5, 0.6) is 0 Å². The minimum absolute atomic E-state index is 0.0422. The highest BCUT2D eigenvalue weighted by Gasteiger charge is 2.35. The highest BCUT2D eigenvalue weighted by molar-refractivity contribution is 5.99. The number of hydrogen-bond acceptors (Lipinski definition) is 3. The molecule has 0 aliphatic carbocycles. The summed E-state index contributed by atoms with van der Waals surface area (Å²) in [4.78, 5) is 27.5. The van der Waals surface area contributed by atoms with E-state index >= 15 is 0 Å². The second kappa shape index (κ2) is 9.04. The zero-order chi connectivity index (χ0) is 21.8. The van der Waals surface area contributed by atoms with Crippen LogP contribution in [0.3, 0.4) is 0 Å². The fraction of sp³-hybridized carbons (Fsp3) is 0.231. The Hall–Kier alpha value is -3.60. The molecule has 158 valence electrons. The van der Waals surface area contributed by atoms with Crippen LogP contribution in [-0.4, -0.2) is 23.3 Å². The minimum Gasteiger partial charge on any atom is -0.361 e. The Morgan fingerprint density at radius 3 is 2.52 bits per heavy atom. The van der Waals surface area contributed by atoms with E-state index in [1.165, 1.54) is 0 Å². The molecule has 1 aliphatic rings. The maximum absolute atomic E-state index is 12.8. The van der Waals surface area contributed by atoms with Crippen LogP contribution < -0.4 is 10.6 Å². The van der Waals surface area contributed by atoms with Gasteiger partial charge >= 0.3 is 0 Å². The van der Waals surface area contributed by atoms with Crippen LogP contribution in [0.4, 0.5) is 5.69 Å². The van der Waals surface area contributed by atoms with Crippen LogP contribution in [0.1, 0.15) is 64.3 Å². The van der Waals surface area contributed by atoms with Crippen LogP contribution in [0.15, 0.2) is 78.9 Å². The molecule has 3 aromatic rings. The SMILES string of the molecule is CCCN1C(=O)c2ccccc2[C@@H]1Nc1cccc(C(=O)N[C@@H](C)c2ccccc2)c1. The molecule has 2 N–H and O–H groups in total. The Balaban J connectivity index is 1.53. The summed E-state index contributed by atoms with van der Waals surface area (Å²) in [6, 6.07) is 24.9. The summed E-state index contributed by atoms with van der Waals surface area (Å²) >= 11 is 0. The molecule has 0 unspecified atom stereocenters. The highest BCUT2D eigenvalue weighted by atomic mass is 16.2. The van der Waals surface area contributed by atoms with Gasteiger partial charge in [0.1, 0.15) is 6.17 Å². The number of nitrogens with one attached hydrogen (secondary N) is 2. The number of rotatable bonds is 7. The first-order valence-electron chi connectivity index (χ1n) is 10.7. The number of hydrogen-bond donors (Lipinski definition) is 2. The predicted molar refractivity (Wildman–Crippen MR) is 123 cm³/mol. The first kappa shape index (κ1) is 20.7. The summed E-state index contributed by atoms with van der Waals surface area (Å²) in [7, 11) is 0. The quantitative estimate of drug-likeness (QED) is 0.563. The molecule has 0 saturated carbocycles. The van der Waals surface area contributed by atoms with Crippen molar-refractivity contribution in [2.75, 3.05) is 11.9 Å². The Morgan fingerprint density at radius 1 is 1.00 bits per heavy atom. The molecule has 0 saturated heterocycles. The smallest absolute Gasteiger partial charge is 0.256 e. The minimum atomic E-state index is -0.245. The van der Waals surface area contributed by atoms with Gasteiger partial charge in [-0.15, -0.1) is 0 Å². The number of carbonyl (C=O) groups is 2. The standard InChI is InChI=1S/C26H27N3O2/c1-3-16-29-24(22-14-7-8-15-23(22)26(29)31)28-21-13-9-12-20(17-21)25(30)27-18(2)19-10-5-4-6-11-19/h4-15,17-18,24,28H,3,16H2,1-2H3,(H,27,30)/t18-,24+/m0/s1. The first-order valence-corrected chi connectivity index (χ1v) is 10.7. The van der Waals surface area contributed by atoms with Crippen molar-refractivity contribution in [2.24, 2.45) is 0 Å². The molecule has 1 aliphatic heterocycles. The lowest BCUT2D eigenvalue weighted by Gasteiger charge is -2.27. The maximum atomic E-state index is 12.8. The van der Waals surface area contributed by atoms with Crippen molar-refractivity contribution < 1.29 is 9.59 Å². The first-order chi connectivity index (χ1) is 15.1. The molecule has 31 heavy (non-hydrogen) atoms. The fourth-order valence-corrected chi connectivity index (χ4v) is 4.01. The van der Waals surface area contributed by atoms with Crippen LogP contribution in [0, 0.1) is 0 Å². The Labute approximate surface area is 183 Å². The highest BCUT2D eigenvalue weighted by Crippen LogP contribution is 2.34. The largest absolute Gasteiger partial charge is 0.361 e. The van der Waals surface area contributed by atoms with Crippen LogP contribution in [0.2, 0.25) is 0 Å². The normalized spacial score (nSPS) is 16.0. The molecular formula is C26H27N3O2. The number of anilines is 1. The van der Waals surface area contributed by atoms with Gasteiger partial charge in [0.25, 0.3) is 11.8 Å². The fourth-order valence-electron chi connectivity index (χ4n) is 4.01. The van der Waals surface area contributed by atoms with Crippen molar-refractivity contribution in [1.82, 2.24) is 10.2 Å². The third-order valence-electron chi connectivity index (χ3n) is 5.60. The Kier molecular flexibility index (Phi) is 6.03. The van der Waals surface area contributed by atoms with Gasteiger partial charge in [-0.2, -0.15) is 0 Å². The van der Waals surface area contributed by atoms with Gasteiger partial charge in [0, 0.05) is 28.9 Å². The van der Waals surface area contributed by atoms with E-state index in [-0.39, 0.29) is 24.0 Å². The van der Waals surface area contributed by atoms with E-state index < -0.39 is 0 Å². The maximum Gasteiger partial charge on any atom is 0.256 e. The average molecular weight is 414 g/mol. The van der Waals surface area contributed by atoms with E-state index in [4.69, 9.17) is 0 Å². The molecule has 2 amide bonds. The second-order valence-electron chi connectivity index (χ2n) is 7.82. The van der Waals surface area contributed by atoms with Crippen molar-refractivity contribution in [3.63, 3.8) is 0 Å². The summed E-state index contributed by atoms with van der Waals surface area (Å²) in [6.45, 7) is 4.70. The van der Waals surface area contributed by atoms with Crippen molar-refractivity contribution in [1.29, 1.82) is 0 Å². The third kappa shape index (κ3) is 4.31. The zero-order valence-electron chi connectivity index (χ0n) is 17.8. The number of amides is 2. The van der Waals surface area contributed by atoms with Gasteiger partial charge in [-0.05, 0) is 43.2 Å². The van der Waals surface area contributed by atoms with Crippen LogP contribution >= 0.6 is 0 Å². The summed E-state index contributed by atoms with van der Waals surface area (Å²) in [5.74, 6) is -0.0890. The number of carbonyl (C=O) groups excluding carboxylic acids is 2. The van der Waals surface area contributed by atoms with Crippen molar-refractivity contribution in [2.45, 2.75) is 32.5 Å². The molecular weight excluding hydrogens is 386 g/mol. The molecule has 4 rings (SSSR count). The number of benzene rings is 3. The monoisotopic (exact) mass is 413 g/mol. The molecule has 3 aromatic carbocycles. The van der Waals surface area contributed by atoms with E-state index in [0.717, 1.165) is 28.8 Å². The topological polar surface area (TPSA) is 61.4 Å². The van der Waals surface area contributed by atoms with E-state index in [1.54, 1.807) is 6.07 Å². The van der Waals surface area contributed by atoms with Gasteiger partial charge in [0.05, 0.1) is 6.04 Å². The molecule has 5 heteroatoms. The van der Waals surface area contributed by atoms with Gasteiger partial charge in [-0.3, -0.25) is 9.59 Å². The molecule has 0 radical (unpaired) electrons. The van der Waals surface area contributed by atoms with Crippen molar-refractivity contribution >= 4 is 17.5 Å². The lowest BCUT2D eigenvalue weighted by Crippen LogP contribution is -2.33. The van der Waals surface area contributed by atoms with E-state index in [2.05, 4.69) is 17.6 Å². The van der Waals surface area contributed by atoms with Gasteiger partial charge in [-0.1, -0.05) is 61.5 Å². The summed E-state index contributed by atoms with van der Waals surface area (Å²) in [5.41, 5.74) is 4.14. The van der Waals surface area contributed by atoms with E-state index in [1.807, 2.05) is 84.6 Å². The predicted octanol–water partition coefficient (Wildman–Crippen LogP) is 5.15. The van der Waals surface area contributed by atoms with E-state index in [9.17, 15) is 9.59 Å². The molecule has 2 atom stereocenters.